The number of nitrogens with zero attached hydrogens (tertiary/aromatic N) is 1. The van der Waals surface area contributed by atoms with Gasteiger partial charge in [0.2, 0.25) is 0 Å². The Balaban J connectivity index is 1.92. The molecular formula is C22H24N2O2. The molecule has 0 aliphatic heterocycles. The zero-order valence-electron chi connectivity index (χ0n) is 15.5. The largest absolute Gasteiger partial charge is 0.361 e. The average molecular weight is 348 g/mol. The lowest BCUT2D eigenvalue weighted by molar-refractivity contribution is -0.0326. The Hall–Kier alpha value is -2.56. The summed E-state index contributed by atoms with van der Waals surface area (Å²) in [5, 5.41) is 2.52. The summed E-state index contributed by atoms with van der Waals surface area (Å²) in [6.07, 6.45) is 2.00. The van der Waals surface area contributed by atoms with Crippen molar-refractivity contribution in [3.05, 3.63) is 59.8 Å². The Kier molecular flexibility index (Phi) is 4.53. The summed E-state index contributed by atoms with van der Waals surface area (Å²) in [7, 11) is 1.65. The summed E-state index contributed by atoms with van der Waals surface area (Å²) in [4.78, 5) is 3.41. The lowest BCUT2D eigenvalue weighted by atomic mass is 10.0. The maximum atomic E-state index is 5.59. The highest BCUT2D eigenvalue weighted by molar-refractivity contribution is 5.99. The third-order valence-electron chi connectivity index (χ3n) is 4.98. The van der Waals surface area contributed by atoms with Crippen molar-refractivity contribution in [2.45, 2.75) is 20.4 Å². The fraction of sp³-hybridized carbons (Fsp3) is 0.273. The zero-order valence-corrected chi connectivity index (χ0v) is 15.5. The quantitative estimate of drug-likeness (QED) is 0.392. The number of para-hydroxylation sites is 1. The highest BCUT2D eigenvalue weighted by atomic mass is 16.7. The molecule has 0 saturated carbocycles. The molecule has 0 aliphatic rings. The Morgan fingerprint density at radius 3 is 2.81 bits per heavy atom. The minimum Gasteiger partial charge on any atom is -0.361 e. The van der Waals surface area contributed by atoms with E-state index < -0.39 is 0 Å². The van der Waals surface area contributed by atoms with E-state index in [0.717, 1.165) is 6.54 Å². The molecule has 0 aliphatic carbocycles. The average Bonchev–Trinajstić information content (AvgIpc) is 3.22. The first-order chi connectivity index (χ1) is 12.7. The topological polar surface area (TPSA) is 39.2 Å². The third kappa shape index (κ3) is 2.81. The smallest absolute Gasteiger partial charge is 0.146 e. The van der Waals surface area contributed by atoms with Crippen LogP contribution in [-0.2, 0) is 16.0 Å². The number of fused-ring (bicyclic) bond motifs is 2. The maximum absolute atomic E-state index is 5.59. The molecule has 2 heterocycles. The van der Waals surface area contributed by atoms with E-state index in [0.29, 0.717) is 13.4 Å². The van der Waals surface area contributed by atoms with Gasteiger partial charge in [0.25, 0.3) is 0 Å². The van der Waals surface area contributed by atoms with E-state index in [1.165, 1.54) is 44.2 Å². The summed E-state index contributed by atoms with van der Waals surface area (Å²) in [5.41, 5.74) is 7.47. The van der Waals surface area contributed by atoms with E-state index in [9.17, 15) is 0 Å². The molecule has 134 valence electrons. The molecule has 2 aromatic heterocycles. The first kappa shape index (κ1) is 16.9. The summed E-state index contributed by atoms with van der Waals surface area (Å²) in [5.74, 6) is 0. The van der Waals surface area contributed by atoms with Crippen LogP contribution < -0.4 is 0 Å². The van der Waals surface area contributed by atoms with E-state index in [1.807, 2.05) is 6.20 Å². The normalized spacial score (nSPS) is 11.7. The van der Waals surface area contributed by atoms with Crippen molar-refractivity contribution in [1.29, 1.82) is 0 Å². The number of methoxy groups -OCH3 is 1. The first-order valence-electron chi connectivity index (χ1n) is 8.93. The first-order valence-corrected chi connectivity index (χ1v) is 8.93. The van der Waals surface area contributed by atoms with E-state index in [4.69, 9.17) is 9.47 Å². The van der Waals surface area contributed by atoms with E-state index >= 15 is 0 Å². The molecule has 0 unspecified atom stereocenters. The van der Waals surface area contributed by atoms with E-state index in [1.54, 1.807) is 7.11 Å². The van der Waals surface area contributed by atoms with Crippen LogP contribution in [0.5, 0.6) is 0 Å². The Bertz CT molecular complexity index is 1060. The molecule has 0 radical (unpaired) electrons. The Morgan fingerprint density at radius 2 is 1.96 bits per heavy atom. The summed E-state index contributed by atoms with van der Waals surface area (Å²) >= 11 is 0. The van der Waals surface area contributed by atoms with Crippen LogP contribution in [0.3, 0.4) is 0 Å². The number of aryl methyl sites for hydroxylation is 2. The Morgan fingerprint density at radius 1 is 1.08 bits per heavy atom. The molecule has 0 saturated heterocycles. The molecule has 4 heteroatoms. The van der Waals surface area contributed by atoms with Crippen LogP contribution in [0.4, 0.5) is 0 Å². The molecule has 0 fully saturated rings. The molecule has 4 nitrogen and oxygen atoms in total. The molecule has 0 bridgehead atoms. The van der Waals surface area contributed by atoms with Gasteiger partial charge in [-0.2, -0.15) is 0 Å². The van der Waals surface area contributed by atoms with Gasteiger partial charge in [0, 0.05) is 41.7 Å². The number of hydrogen-bond acceptors (Lipinski definition) is 2. The van der Waals surface area contributed by atoms with Gasteiger partial charge in [-0.1, -0.05) is 30.3 Å². The molecule has 4 rings (SSSR count). The second-order valence-corrected chi connectivity index (χ2v) is 6.71. The lowest BCUT2D eigenvalue weighted by Gasteiger charge is -2.13. The highest BCUT2D eigenvalue weighted by Crippen LogP contribution is 2.36. The number of benzene rings is 2. The van der Waals surface area contributed by atoms with Gasteiger partial charge in [0.1, 0.15) is 6.79 Å². The minimum atomic E-state index is 0.318. The molecular weight excluding hydrogens is 324 g/mol. The van der Waals surface area contributed by atoms with Gasteiger partial charge >= 0.3 is 0 Å². The van der Waals surface area contributed by atoms with Crippen molar-refractivity contribution < 1.29 is 9.47 Å². The van der Waals surface area contributed by atoms with Crippen LogP contribution >= 0.6 is 0 Å². The SMILES string of the molecule is COCOCCn1c(-c2cccc3cc[nH]c23)c(C)c2ccc(C)cc21. The van der Waals surface area contributed by atoms with Crippen LogP contribution in [0.25, 0.3) is 33.1 Å². The lowest BCUT2D eigenvalue weighted by Crippen LogP contribution is -2.09. The van der Waals surface area contributed by atoms with E-state index in [-0.39, 0.29) is 0 Å². The molecule has 4 aromatic rings. The van der Waals surface area contributed by atoms with Gasteiger partial charge < -0.3 is 19.0 Å². The fourth-order valence-electron chi connectivity index (χ4n) is 3.79. The summed E-state index contributed by atoms with van der Waals surface area (Å²) in [6, 6.07) is 15.2. The van der Waals surface area contributed by atoms with Crippen LogP contribution in [0.15, 0.2) is 48.7 Å². The van der Waals surface area contributed by atoms with Gasteiger partial charge in [-0.25, -0.2) is 0 Å². The van der Waals surface area contributed by atoms with Crippen molar-refractivity contribution in [2.75, 3.05) is 20.5 Å². The standard InChI is InChI=1S/C22H24N2O2/c1-15-7-8-18-16(2)22(19-6-4-5-17-9-10-23-21(17)19)24(20(18)13-15)11-12-26-14-25-3/h4-10,13,23H,11-12,14H2,1-3H3. The van der Waals surface area contributed by atoms with E-state index in [2.05, 4.69) is 65.9 Å². The van der Waals surface area contributed by atoms with Gasteiger partial charge in [-0.15, -0.1) is 0 Å². The van der Waals surface area contributed by atoms with Crippen molar-refractivity contribution >= 4 is 21.8 Å². The number of ether oxygens (including phenoxy) is 2. The van der Waals surface area contributed by atoms with Crippen molar-refractivity contribution in [3.63, 3.8) is 0 Å². The van der Waals surface area contributed by atoms with Crippen LogP contribution in [-0.4, -0.2) is 30.1 Å². The predicted molar refractivity (Wildman–Crippen MR) is 107 cm³/mol. The predicted octanol–water partition coefficient (Wildman–Crippen LogP) is 5.03. The second kappa shape index (κ2) is 6.98. The van der Waals surface area contributed by atoms with Gasteiger partial charge in [0.05, 0.1) is 17.8 Å². The highest BCUT2D eigenvalue weighted by Gasteiger charge is 2.18. The fourth-order valence-corrected chi connectivity index (χ4v) is 3.79. The minimum absolute atomic E-state index is 0.318. The zero-order chi connectivity index (χ0) is 18.1. The number of rotatable bonds is 6. The van der Waals surface area contributed by atoms with Crippen LogP contribution in [0.1, 0.15) is 11.1 Å². The number of hydrogen-bond donors (Lipinski definition) is 1. The molecule has 2 aromatic carbocycles. The number of H-pyrrole nitrogens is 1. The molecule has 0 spiro atoms. The van der Waals surface area contributed by atoms with Crippen LogP contribution in [0, 0.1) is 13.8 Å². The van der Waals surface area contributed by atoms with Crippen molar-refractivity contribution in [1.82, 2.24) is 9.55 Å². The summed E-state index contributed by atoms with van der Waals surface area (Å²) < 4.78 is 13.0. The van der Waals surface area contributed by atoms with Gasteiger partial charge in [-0.05, 0) is 37.1 Å². The summed E-state index contributed by atoms with van der Waals surface area (Å²) in [6.45, 7) is 6.06. The van der Waals surface area contributed by atoms with Crippen LogP contribution in [0.2, 0.25) is 0 Å². The monoisotopic (exact) mass is 348 g/mol. The van der Waals surface area contributed by atoms with Gasteiger partial charge in [-0.3, -0.25) is 0 Å². The molecule has 26 heavy (non-hydrogen) atoms. The van der Waals surface area contributed by atoms with Gasteiger partial charge in [0.15, 0.2) is 0 Å². The molecule has 0 amide bonds. The molecule has 0 atom stereocenters. The number of aromatic amines is 1. The Labute approximate surface area is 153 Å². The number of nitrogens with one attached hydrogen (secondary N) is 1. The third-order valence-corrected chi connectivity index (χ3v) is 4.98. The van der Waals surface area contributed by atoms with Crippen molar-refractivity contribution in [3.8, 4) is 11.3 Å². The molecule has 1 N–H and O–H groups in total. The maximum Gasteiger partial charge on any atom is 0.146 e. The second-order valence-electron chi connectivity index (χ2n) is 6.71. The number of aromatic nitrogens is 2. The van der Waals surface area contributed by atoms with Crippen molar-refractivity contribution in [2.24, 2.45) is 0 Å².